The number of amides is 2. The van der Waals surface area contributed by atoms with Crippen LogP contribution in [0, 0.1) is 0 Å². The monoisotopic (exact) mass is 257 g/mol. The van der Waals surface area contributed by atoms with Gasteiger partial charge in [0.1, 0.15) is 5.78 Å². The molecule has 0 saturated carbocycles. The Morgan fingerprint density at radius 2 is 1.63 bits per heavy atom. The lowest BCUT2D eigenvalue weighted by Gasteiger charge is -2.14. The van der Waals surface area contributed by atoms with E-state index in [1.54, 1.807) is 19.1 Å². The highest BCUT2D eigenvalue weighted by molar-refractivity contribution is 6.28. The zero-order valence-electron chi connectivity index (χ0n) is 10.8. The Bertz CT molecular complexity index is 525. The number of ketones is 1. The number of anilines is 1. The highest BCUT2D eigenvalue weighted by Gasteiger charge is 2.24. The molecule has 0 radical (unpaired) electrons. The van der Waals surface area contributed by atoms with Crippen LogP contribution in [-0.2, 0) is 20.8 Å². The van der Waals surface area contributed by atoms with Crippen molar-refractivity contribution in [3.63, 3.8) is 0 Å². The second-order valence-corrected chi connectivity index (χ2v) is 4.57. The molecule has 4 heteroatoms. The number of hydrogen-bond acceptors (Lipinski definition) is 3. The van der Waals surface area contributed by atoms with Crippen molar-refractivity contribution in [1.82, 2.24) is 0 Å². The van der Waals surface area contributed by atoms with Gasteiger partial charge in [-0.15, -0.1) is 0 Å². The zero-order chi connectivity index (χ0) is 13.8. The molecule has 0 saturated heterocycles. The van der Waals surface area contributed by atoms with Crippen LogP contribution in [0.3, 0.4) is 0 Å². The van der Waals surface area contributed by atoms with Gasteiger partial charge in [-0.3, -0.25) is 9.59 Å². The number of Topliss-reactive ketones (excluding diaryl/α,β-unsaturated/α-hetero) is 1. The summed E-state index contributed by atoms with van der Waals surface area (Å²) >= 11 is 0. The molecule has 0 spiro atoms. The van der Waals surface area contributed by atoms with Gasteiger partial charge in [-0.2, -0.15) is 0 Å². The summed E-state index contributed by atoms with van der Waals surface area (Å²) in [6.45, 7) is 1.58. The van der Waals surface area contributed by atoms with Gasteiger partial charge in [-0.05, 0) is 37.5 Å². The third kappa shape index (κ3) is 3.16. The predicted octanol–water partition coefficient (Wildman–Crippen LogP) is 2.03. The molecule has 0 N–H and O–H groups in total. The fourth-order valence-electron chi connectivity index (χ4n) is 2.01. The summed E-state index contributed by atoms with van der Waals surface area (Å²) in [6.07, 6.45) is 4.75. The third-order valence-corrected chi connectivity index (χ3v) is 3.00. The van der Waals surface area contributed by atoms with Crippen LogP contribution < -0.4 is 4.90 Å². The molecule has 1 aromatic carbocycles. The van der Waals surface area contributed by atoms with Crippen molar-refractivity contribution in [2.24, 2.45) is 0 Å². The Morgan fingerprint density at radius 3 is 2.16 bits per heavy atom. The maximum Gasteiger partial charge on any atom is 0.258 e. The van der Waals surface area contributed by atoms with Gasteiger partial charge < -0.3 is 4.79 Å². The fourth-order valence-corrected chi connectivity index (χ4v) is 2.01. The first-order valence-electron chi connectivity index (χ1n) is 6.22. The molecular formula is C15H15NO3. The largest absolute Gasteiger partial charge is 0.300 e. The summed E-state index contributed by atoms with van der Waals surface area (Å²) in [4.78, 5) is 35.0. The number of carbonyl (C=O) groups is 3. The number of hydrogen-bond donors (Lipinski definition) is 0. The minimum atomic E-state index is -0.311. The predicted molar refractivity (Wildman–Crippen MR) is 71.7 cm³/mol. The van der Waals surface area contributed by atoms with Crippen molar-refractivity contribution in [2.45, 2.75) is 26.2 Å². The van der Waals surface area contributed by atoms with E-state index in [1.807, 2.05) is 12.1 Å². The molecule has 1 aliphatic rings. The summed E-state index contributed by atoms with van der Waals surface area (Å²) in [6, 6.07) is 7.28. The van der Waals surface area contributed by atoms with Crippen LogP contribution in [0.5, 0.6) is 0 Å². The van der Waals surface area contributed by atoms with Crippen molar-refractivity contribution in [3.05, 3.63) is 42.0 Å². The molecule has 0 unspecified atom stereocenters. The summed E-state index contributed by atoms with van der Waals surface area (Å²) in [7, 11) is 0. The number of carbonyl (C=O) groups excluding carboxylic acids is 3. The highest BCUT2D eigenvalue weighted by atomic mass is 16.2. The molecule has 98 valence electrons. The van der Waals surface area contributed by atoms with Crippen LogP contribution in [0.2, 0.25) is 0 Å². The summed E-state index contributed by atoms with van der Waals surface area (Å²) in [5, 5.41) is 0. The van der Waals surface area contributed by atoms with E-state index in [-0.39, 0.29) is 17.6 Å². The van der Waals surface area contributed by atoms with Crippen molar-refractivity contribution >= 4 is 23.3 Å². The lowest BCUT2D eigenvalue weighted by molar-refractivity contribution is -0.120. The van der Waals surface area contributed by atoms with Gasteiger partial charge >= 0.3 is 0 Å². The number of nitrogens with zero attached hydrogens (tertiary/aromatic N) is 1. The second kappa shape index (κ2) is 5.61. The minimum absolute atomic E-state index is 0.191. The molecule has 0 bridgehead atoms. The number of benzene rings is 1. The molecule has 19 heavy (non-hydrogen) atoms. The van der Waals surface area contributed by atoms with E-state index < -0.39 is 0 Å². The van der Waals surface area contributed by atoms with Crippen LogP contribution in [0.1, 0.15) is 25.3 Å². The first-order valence-corrected chi connectivity index (χ1v) is 6.22. The van der Waals surface area contributed by atoms with Crippen LogP contribution in [0.4, 0.5) is 5.69 Å². The molecule has 4 nitrogen and oxygen atoms in total. The van der Waals surface area contributed by atoms with Crippen LogP contribution >= 0.6 is 0 Å². The second-order valence-electron chi connectivity index (χ2n) is 4.57. The lowest BCUT2D eigenvalue weighted by Crippen LogP contribution is -2.29. The maximum atomic E-state index is 11.5. The SMILES string of the molecule is CC(=O)CCCc1ccc(N2C(=O)C=CC2=O)cc1. The van der Waals surface area contributed by atoms with Crippen LogP contribution in [0.15, 0.2) is 36.4 Å². The Morgan fingerprint density at radius 1 is 1.05 bits per heavy atom. The van der Waals surface area contributed by atoms with Gasteiger partial charge in [0.25, 0.3) is 11.8 Å². The van der Waals surface area contributed by atoms with Crippen molar-refractivity contribution in [3.8, 4) is 0 Å². The molecule has 1 aromatic rings. The van der Waals surface area contributed by atoms with Gasteiger partial charge in [0.05, 0.1) is 5.69 Å². The molecule has 0 aliphatic carbocycles. The first kappa shape index (κ1) is 13.2. The van der Waals surface area contributed by atoms with Crippen molar-refractivity contribution in [1.29, 1.82) is 0 Å². The third-order valence-electron chi connectivity index (χ3n) is 3.00. The molecule has 0 fully saturated rings. The zero-order valence-corrected chi connectivity index (χ0v) is 10.8. The van der Waals surface area contributed by atoms with Crippen LogP contribution in [0.25, 0.3) is 0 Å². The maximum absolute atomic E-state index is 11.5. The molecule has 2 amide bonds. The summed E-state index contributed by atoms with van der Waals surface area (Å²) in [5.74, 6) is -0.431. The summed E-state index contributed by atoms with van der Waals surface area (Å²) in [5.41, 5.74) is 1.67. The van der Waals surface area contributed by atoms with Crippen LogP contribution in [-0.4, -0.2) is 17.6 Å². The molecule has 0 aromatic heterocycles. The van der Waals surface area contributed by atoms with Gasteiger partial charge in [0.15, 0.2) is 0 Å². The van der Waals surface area contributed by atoms with Gasteiger partial charge in [-0.1, -0.05) is 12.1 Å². The lowest BCUT2D eigenvalue weighted by atomic mass is 10.1. The highest BCUT2D eigenvalue weighted by Crippen LogP contribution is 2.20. The normalized spacial score (nSPS) is 14.3. The molecule has 1 heterocycles. The number of imide groups is 1. The number of rotatable bonds is 5. The average molecular weight is 257 g/mol. The number of aryl methyl sites for hydroxylation is 1. The van der Waals surface area contributed by atoms with Gasteiger partial charge in [0, 0.05) is 18.6 Å². The van der Waals surface area contributed by atoms with E-state index >= 15 is 0 Å². The summed E-state index contributed by atoms with van der Waals surface area (Å²) < 4.78 is 0. The standard InChI is InChI=1S/C15H15NO3/c1-11(17)3-2-4-12-5-7-13(8-6-12)16-14(18)9-10-15(16)19/h5-10H,2-4H2,1H3. The quantitative estimate of drug-likeness (QED) is 0.758. The Labute approximate surface area is 111 Å². The van der Waals surface area contributed by atoms with Gasteiger partial charge in [0.2, 0.25) is 0 Å². The van der Waals surface area contributed by atoms with E-state index in [1.165, 1.54) is 12.2 Å². The molecule has 0 atom stereocenters. The van der Waals surface area contributed by atoms with E-state index in [2.05, 4.69) is 0 Å². The molecule has 1 aliphatic heterocycles. The van der Waals surface area contributed by atoms with Crippen molar-refractivity contribution < 1.29 is 14.4 Å². The van der Waals surface area contributed by atoms with E-state index in [9.17, 15) is 14.4 Å². The average Bonchev–Trinajstić information content (AvgIpc) is 2.70. The minimum Gasteiger partial charge on any atom is -0.300 e. The topological polar surface area (TPSA) is 54.5 Å². The van der Waals surface area contributed by atoms with E-state index in [4.69, 9.17) is 0 Å². The van der Waals surface area contributed by atoms with E-state index in [0.717, 1.165) is 23.3 Å². The molecule has 2 rings (SSSR count). The Hall–Kier alpha value is -2.23. The Kier molecular flexibility index (Phi) is 3.90. The smallest absolute Gasteiger partial charge is 0.258 e. The van der Waals surface area contributed by atoms with E-state index in [0.29, 0.717) is 12.1 Å². The van der Waals surface area contributed by atoms with Gasteiger partial charge in [-0.25, -0.2) is 4.90 Å². The Balaban J connectivity index is 2.00. The van der Waals surface area contributed by atoms with Crippen molar-refractivity contribution in [2.75, 3.05) is 4.90 Å². The molecular weight excluding hydrogens is 242 g/mol. The first-order chi connectivity index (χ1) is 9.08. The fraction of sp³-hybridized carbons (Fsp3) is 0.267.